The molecule has 1 fully saturated rings. The molecule has 3 atom stereocenters. The number of carbonyl (C=O) groups excluding carboxylic acids is 1. The average molecular weight is 342 g/mol. The lowest BCUT2D eigenvalue weighted by atomic mass is 9.78. The molecule has 0 aromatic carbocycles. The predicted octanol–water partition coefficient (Wildman–Crippen LogP) is 4.42. The van der Waals surface area contributed by atoms with Gasteiger partial charge in [-0.25, -0.2) is 0 Å². The molecular weight excluding hydrogens is 316 g/mol. The maximum Gasteiger partial charge on any atom is 0.311 e. The highest BCUT2D eigenvalue weighted by Crippen LogP contribution is 2.75. The van der Waals surface area contributed by atoms with Crippen LogP contribution in [0.5, 0.6) is 0 Å². The molecule has 4 nitrogen and oxygen atoms in total. The zero-order valence-corrected chi connectivity index (χ0v) is 15.6. The molecule has 1 N–H and O–H groups in total. The maximum atomic E-state index is 12.7. The van der Waals surface area contributed by atoms with Crippen molar-refractivity contribution in [1.29, 1.82) is 0 Å². The summed E-state index contributed by atoms with van der Waals surface area (Å²) in [6.07, 6.45) is 4.38. The first-order valence-corrected chi connectivity index (χ1v) is 8.77. The number of Topliss-reactive ketones (excluding diaryl/α,β-unsaturated/α-hetero) is 1. The number of hydrogen-bond acceptors (Lipinski definition) is 3. The van der Waals surface area contributed by atoms with Crippen LogP contribution in [0.4, 0.5) is 0 Å². The van der Waals surface area contributed by atoms with Gasteiger partial charge in [0, 0.05) is 30.3 Å². The molecule has 0 spiro atoms. The Bertz CT molecular complexity index is 775. The minimum atomic E-state index is -0.908. The highest BCUT2D eigenvalue weighted by Gasteiger charge is 2.78. The van der Waals surface area contributed by atoms with Crippen LogP contribution in [0.1, 0.15) is 46.8 Å². The normalized spacial score (nSPS) is 30.5. The van der Waals surface area contributed by atoms with Gasteiger partial charge in [-0.2, -0.15) is 0 Å². The van der Waals surface area contributed by atoms with Gasteiger partial charge in [0.1, 0.15) is 5.76 Å². The third-order valence-electron chi connectivity index (χ3n) is 6.31. The summed E-state index contributed by atoms with van der Waals surface area (Å²) in [5, 5.41) is 10.1. The number of carboxylic acid groups (broad SMARTS) is 1. The Kier molecular flexibility index (Phi) is 4.05. The molecule has 1 heterocycles. The second kappa shape index (κ2) is 5.72. The molecular formula is C21H26O4. The van der Waals surface area contributed by atoms with E-state index in [0.29, 0.717) is 6.42 Å². The second-order valence-electron chi connectivity index (χ2n) is 8.22. The van der Waals surface area contributed by atoms with E-state index in [4.69, 9.17) is 4.42 Å². The standard InChI is InChI=1S/C21H26O4/c1-12(2)9-18-20(4,5)21(18,19(23)24)16-11-17(22)15(13(16)3)10-14-7-6-8-25-14/h6-9,16,18H,10-11H2,1-5H3,(H,23,24). The van der Waals surface area contributed by atoms with Crippen LogP contribution >= 0.6 is 0 Å². The van der Waals surface area contributed by atoms with Crippen LogP contribution in [0.25, 0.3) is 0 Å². The lowest BCUT2D eigenvalue weighted by molar-refractivity contribution is -0.147. The van der Waals surface area contributed by atoms with Crippen LogP contribution in [0.2, 0.25) is 0 Å². The van der Waals surface area contributed by atoms with Crippen molar-refractivity contribution in [3.05, 3.63) is 47.0 Å². The van der Waals surface area contributed by atoms with Crippen LogP contribution in [0.3, 0.4) is 0 Å². The van der Waals surface area contributed by atoms with Gasteiger partial charge in [-0.15, -0.1) is 0 Å². The molecule has 0 aliphatic heterocycles. The van der Waals surface area contributed by atoms with E-state index >= 15 is 0 Å². The minimum Gasteiger partial charge on any atom is -0.481 e. The first kappa shape index (κ1) is 17.7. The highest BCUT2D eigenvalue weighted by molar-refractivity contribution is 6.01. The molecule has 25 heavy (non-hydrogen) atoms. The first-order valence-electron chi connectivity index (χ1n) is 8.77. The van der Waals surface area contributed by atoms with Crippen molar-refractivity contribution in [1.82, 2.24) is 0 Å². The number of allylic oxidation sites excluding steroid dienone is 4. The van der Waals surface area contributed by atoms with E-state index in [2.05, 4.69) is 6.08 Å². The smallest absolute Gasteiger partial charge is 0.311 e. The van der Waals surface area contributed by atoms with E-state index in [-0.39, 0.29) is 29.5 Å². The van der Waals surface area contributed by atoms with Crippen molar-refractivity contribution in [3.63, 3.8) is 0 Å². The van der Waals surface area contributed by atoms with Crippen LogP contribution in [0, 0.1) is 22.7 Å². The Morgan fingerprint density at radius 3 is 2.60 bits per heavy atom. The Morgan fingerprint density at radius 2 is 2.08 bits per heavy atom. The topological polar surface area (TPSA) is 67.5 Å². The molecule has 134 valence electrons. The van der Waals surface area contributed by atoms with Crippen LogP contribution in [-0.2, 0) is 16.0 Å². The van der Waals surface area contributed by atoms with Crippen molar-refractivity contribution < 1.29 is 19.1 Å². The van der Waals surface area contributed by atoms with Gasteiger partial charge in [-0.1, -0.05) is 31.1 Å². The molecule has 3 unspecified atom stereocenters. The van der Waals surface area contributed by atoms with Crippen molar-refractivity contribution in [2.45, 2.75) is 47.5 Å². The van der Waals surface area contributed by atoms with Gasteiger partial charge < -0.3 is 9.52 Å². The number of carboxylic acids is 1. The third kappa shape index (κ3) is 2.42. The zero-order valence-electron chi connectivity index (χ0n) is 15.6. The number of aliphatic carboxylic acids is 1. The van der Waals surface area contributed by atoms with Gasteiger partial charge in [0.25, 0.3) is 0 Å². The van der Waals surface area contributed by atoms with E-state index < -0.39 is 11.4 Å². The molecule has 2 aliphatic rings. The number of hydrogen-bond donors (Lipinski definition) is 1. The molecule has 1 saturated carbocycles. The molecule has 4 heteroatoms. The minimum absolute atomic E-state index is 0.0539. The van der Waals surface area contributed by atoms with E-state index in [1.54, 1.807) is 12.3 Å². The summed E-state index contributed by atoms with van der Waals surface area (Å²) in [7, 11) is 0. The number of ketones is 1. The Morgan fingerprint density at radius 1 is 1.40 bits per heavy atom. The SMILES string of the molecule is CC(C)=CC1C(C)(C)C1(C(=O)O)C1CC(=O)C(Cc2ccco2)=C1C. The second-order valence-corrected chi connectivity index (χ2v) is 8.22. The highest BCUT2D eigenvalue weighted by atomic mass is 16.4. The van der Waals surface area contributed by atoms with Gasteiger partial charge in [0.15, 0.2) is 5.78 Å². The summed E-state index contributed by atoms with van der Waals surface area (Å²) in [4.78, 5) is 25.0. The van der Waals surface area contributed by atoms with E-state index in [1.807, 2.05) is 40.7 Å². The predicted molar refractivity (Wildman–Crippen MR) is 95.0 cm³/mol. The van der Waals surface area contributed by atoms with Gasteiger partial charge >= 0.3 is 5.97 Å². The molecule has 2 aliphatic carbocycles. The molecule has 0 amide bonds. The average Bonchev–Trinajstić information content (AvgIpc) is 2.91. The Labute approximate surface area is 148 Å². The van der Waals surface area contributed by atoms with Gasteiger partial charge in [0.2, 0.25) is 0 Å². The van der Waals surface area contributed by atoms with Crippen molar-refractivity contribution in [2.75, 3.05) is 0 Å². The quantitative estimate of drug-likeness (QED) is 0.804. The molecule has 0 radical (unpaired) electrons. The summed E-state index contributed by atoms with van der Waals surface area (Å²) in [6, 6.07) is 3.65. The van der Waals surface area contributed by atoms with Gasteiger partial charge in [-0.05, 0) is 38.3 Å². The summed E-state index contributed by atoms with van der Waals surface area (Å²) in [5.41, 5.74) is 1.47. The van der Waals surface area contributed by atoms with Crippen LogP contribution < -0.4 is 0 Å². The zero-order chi connectivity index (χ0) is 18.6. The Balaban J connectivity index is 2.02. The molecule has 1 aromatic rings. The fourth-order valence-electron chi connectivity index (χ4n) is 4.95. The third-order valence-corrected chi connectivity index (χ3v) is 6.31. The number of carbonyl (C=O) groups is 2. The Hall–Kier alpha value is -2.10. The van der Waals surface area contributed by atoms with Gasteiger partial charge in [0.05, 0.1) is 11.7 Å². The lowest BCUT2D eigenvalue weighted by Gasteiger charge is -2.24. The summed E-state index contributed by atoms with van der Waals surface area (Å²) in [5.74, 6) is -0.311. The van der Waals surface area contributed by atoms with E-state index in [0.717, 1.165) is 22.5 Å². The van der Waals surface area contributed by atoms with Crippen LogP contribution in [-0.4, -0.2) is 16.9 Å². The summed E-state index contributed by atoms with van der Waals surface area (Å²) >= 11 is 0. The van der Waals surface area contributed by atoms with Crippen molar-refractivity contribution >= 4 is 11.8 Å². The fourth-order valence-corrected chi connectivity index (χ4v) is 4.95. The lowest BCUT2D eigenvalue weighted by Crippen LogP contribution is -2.31. The molecule has 3 rings (SSSR count). The largest absolute Gasteiger partial charge is 0.481 e. The first-order chi connectivity index (χ1) is 11.6. The summed E-state index contributed by atoms with van der Waals surface area (Å²) < 4.78 is 5.38. The molecule has 0 saturated heterocycles. The molecule has 1 aromatic heterocycles. The fraction of sp³-hybridized carbons (Fsp3) is 0.524. The van der Waals surface area contributed by atoms with E-state index in [9.17, 15) is 14.7 Å². The summed E-state index contributed by atoms with van der Waals surface area (Å²) in [6.45, 7) is 9.92. The maximum absolute atomic E-state index is 12.7. The van der Waals surface area contributed by atoms with Crippen molar-refractivity contribution in [3.8, 4) is 0 Å². The van der Waals surface area contributed by atoms with Gasteiger partial charge in [-0.3, -0.25) is 9.59 Å². The van der Waals surface area contributed by atoms with E-state index in [1.165, 1.54) is 0 Å². The van der Waals surface area contributed by atoms with Crippen LogP contribution in [0.15, 0.2) is 45.6 Å². The molecule has 0 bridgehead atoms. The number of furan rings is 1. The van der Waals surface area contributed by atoms with Crippen molar-refractivity contribution in [2.24, 2.45) is 22.7 Å². The monoisotopic (exact) mass is 342 g/mol. The number of rotatable bonds is 5.